The fraction of sp³-hybridized carbons (Fsp3) is 0.0714. The standard InChI is InChI=1S/C14H10N4OS2/c19-8-10-12(11-2-1-7-20-11)16-14-18(10)17-13(21-14)9-3-5-15-6-4-9/h1-7,19H,8H2. The summed E-state index contributed by atoms with van der Waals surface area (Å²) in [5, 5.41) is 17.1. The molecule has 0 amide bonds. The minimum atomic E-state index is -0.0894. The van der Waals surface area contributed by atoms with Crippen molar-refractivity contribution in [3.63, 3.8) is 0 Å². The molecule has 0 fully saturated rings. The third-order valence-electron chi connectivity index (χ3n) is 3.13. The van der Waals surface area contributed by atoms with Crippen molar-refractivity contribution in [3.05, 3.63) is 47.7 Å². The Labute approximate surface area is 128 Å². The number of pyridine rings is 1. The van der Waals surface area contributed by atoms with E-state index in [0.717, 1.165) is 31.8 Å². The van der Waals surface area contributed by atoms with Gasteiger partial charge in [-0.15, -0.1) is 11.3 Å². The average Bonchev–Trinajstić information content (AvgIpc) is 3.22. The number of hydrogen-bond donors (Lipinski definition) is 1. The molecule has 1 N–H and O–H groups in total. The van der Waals surface area contributed by atoms with E-state index in [1.54, 1.807) is 28.2 Å². The van der Waals surface area contributed by atoms with Crippen LogP contribution in [0.3, 0.4) is 0 Å². The first-order valence-electron chi connectivity index (χ1n) is 6.30. The van der Waals surface area contributed by atoms with Crippen molar-refractivity contribution in [2.75, 3.05) is 0 Å². The maximum Gasteiger partial charge on any atom is 0.213 e. The molecule has 5 nitrogen and oxygen atoms in total. The topological polar surface area (TPSA) is 63.3 Å². The smallest absolute Gasteiger partial charge is 0.213 e. The van der Waals surface area contributed by atoms with Gasteiger partial charge in [0, 0.05) is 18.0 Å². The first-order valence-corrected chi connectivity index (χ1v) is 8.00. The van der Waals surface area contributed by atoms with E-state index in [1.165, 1.54) is 11.3 Å². The lowest BCUT2D eigenvalue weighted by molar-refractivity contribution is 0.275. The van der Waals surface area contributed by atoms with Gasteiger partial charge in [0.15, 0.2) is 0 Å². The number of aromatic nitrogens is 4. The van der Waals surface area contributed by atoms with Gasteiger partial charge < -0.3 is 5.11 Å². The van der Waals surface area contributed by atoms with Crippen LogP contribution >= 0.6 is 22.7 Å². The second kappa shape index (κ2) is 5.03. The molecule has 7 heteroatoms. The van der Waals surface area contributed by atoms with Gasteiger partial charge in [-0.25, -0.2) is 9.50 Å². The molecule has 4 heterocycles. The maximum absolute atomic E-state index is 9.68. The fourth-order valence-corrected chi connectivity index (χ4v) is 3.81. The third kappa shape index (κ3) is 2.06. The Hall–Kier alpha value is -2.09. The minimum Gasteiger partial charge on any atom is -0.390 e. The normalized spacial score (nSPS) is 11.3. The molecule has 0 radical (unpaired) electrons. The molecule has 4 rings (SSSR count). The van der Waals surface area contributed by atoms with Crippen LogP contribution in [-0.2, 0) is 6.61 Å². The number of imidazole rings is 1. The van der Waals surface area contributed by atoms with Crippen molar-refractivity contribution >= 4 is 27.6 Å². The molecular weight excluding hydrogens is 304 g/mol. The number of fused-ring (bicyclic) bond motifs is 1. The Morgan fingerprint density at radius 1 is 1.19 bits per heavy atom. The molecule has 0 aliphatic heterocycles. The summed E-state index contributed by atoms with van der Waals surface area (Å²) in [5.74, 6) is 0. The van der Waals surface area contributed by atoms with Gasteiger partial charge in [-0.3, -0.25) is 4.98 Å². The molecule has 0 unspecified atom stereocenters. The lowest BCUT2D eigenvalue weighted by Gasteiger charge is -1.97. The summed E-state index contributed by atoms with van der Waals surface area (Å²) in [6, 6.07) is 7.80. The minimum absolute atomic E-state index is 0.0894. The van der Waals surface area contributed by atoms with E-state index in [0.29, 0.717) is 0 Å². The van der Waals surface area contributed by atoms with Crippen molar-refractivity contribution in [3.8, 4) is 21.1 Å². The van der Waals surface area contributed by atoms with E-state index in [-0.39, 0.29) is 6.61 Å². The number of hydrogen-bond acceptors (Lipinski definition) is 6. The second-order valence-corrected chi connectivity index (χ2v) is 6.28. The molecule has 0 saturated heterocycles. The van der Waals surface area contributed by atoms with Gasteiger partial charge in [0.25, 0.3) is 0 Å². The molecule has 0 atom stereocenters. The molecule has 0 aliphatic rings. The largest absolute Gasteiger partial charge is 0.390 e. The molecule has 104 valence electrons. The summed E-state index contributed by atoms with van der Waals surface area (Å²) < 4.78 is 1.73. The van der Waals surface area contributed by atoms with Crippen molar-refractivity contribution < 1.29 is 5.11 Å². The summed E-state index contributed by atoms with van der Waals surface area (Å²) in [6.07, 6.45) is 3.48. The highest BCUT2D eigenvalue weighted by Gasteiger charge is 2.18. The highest BCUT2D eigenvalue weighted by atomic mass is 32.1. The number of nitrogens with zero attached hydrogens (tertiary/aromatic N) is 4. The Bertz CT molecular complexity index is 881. The number of aliphatic hydroxyl groups excluding tert-OH is 1. The average molecular weight is 314 g/mol. The van der Waals surface area contributed by atoms with E-state index >= 15 is 0 Å². The predicted octanol–water partition coefficient (Wildman–Crippen LogP) is 3.07. The first kappa shape index (κ1) is 12.6. The van der Waals surface area contributed by atoms with Crippen molar-refractivity contribution in [2.24, 2.45) is 0 Å². The van der Waals surface area contributed by atoms with Gasteiger partial charge in [-0.1, -0.05) is 17.4 Å². The Balaban J connectivity index is 1.89. The molecular formula is C14H10N4OS2. The molecule has 0 aromatic carbocycles. The van der Waals surface area contributed by atoms with Gasteiger partial charge in [0.1, 0.15) is 10.7 Å². The zero-order valence-electron chi connectivity index (χ0n) is 10.8. The summed E-state index contributed by atoms with van der Waals surface area (Å²) in [6.45, 7) is -0.0894. The van der Waals surface area contributed by atoms with E-state index in [2.05, 4.69) is 15.1 Å². The van der Waals surface area contributed by atoms with Crippen LogP contribution in [-0.4, -0.2) is 24.7 Å². The predicted molar refractivity (Wildman–Crippen MR) is 83.3 cm³/mol. The van der Waals surface area contributed by atoms with Crippen LogP contribution in [0.1, 0.15) is 5.69 Å². The SMILES string of the molecule is OCc1c(-c2cccs2)nc2sc(-c3ccncc3)nn12. The van der Waals surface area contributed by atoms with Crippen LogP contribution < -0.4 is 0 Å². The second-order valence-electron chi connectivity index (χ2n) is 4.38. The molecule has 4 aromatic heterocycles. The molecule has 21 heavy (non-hydrogen) atoms. The van der Waals surface area contributed by atoms with Crippen LogP contribution in [0.15, 0.2) is 42.0 Å². The molecule has 0 spiro atoms. The highest BCUT2D eigenvalue weighted by molar-refractivity contribution is 7.20. The van der Waals surface area contributed by atoms with Crippen molar-refractivity contribution in [2.45, 2.75) is 6.61 Å². The summed E-state index contributed by atoms with van der Waals surface area (Å²) in [7, 11) is 0. The van der Waals surface area contributed by atoms with E-state index in [4.69, 9.17) is 0 Å². The molecule has 0 aliphatic carbocycles. The number of thiophene rings is 1. The summed E-state index contributed by atoms with van der Waals surface area (Å²) in [4.78, 5) is 10.5. The first-order chi connectivity index (χ1) is 10.4. The summed E-state index contributed by atoms with van der Waals surface area (Å²) in [5.41, 5.74) is 2.54. The zero-order valence-corrected chi connectivity index (χ0v) is 12.4. The van der Waals surface area contributed by atoms with Gasteiger partial charge in [0.05, 0.1) is 17.2 Å². The Morgan fingerprint density at radius 3 is 2.76 bits per heavy atom. The number of rotatable bonds is 3. The third-order valence-corrected chi connectivity index (χ3v) is 4.96. The lowest BCUT2D eigenvalue weighted by Crippen LogP contribution is -1.95. The van der Waals surface area contributed by atoms with Crippen molar-refractivity contribution in [1.82, 2.24) is 19.6 Å². The zero-order chi connectivity index (χ0) is 14.2. The summed E-state index contributed by atoms with van der Waals surface area (Å²) >= 11 is 3.11. The fourth-order valence-electron chi connectivity index (χ4n) is 2.15. The van der Waals surface area contributed by atoms with E-state index < -0.39 is 0 Å². The Kier molecular flexibility index (Phi) is 3.03. The monoisotopic (exact) mass is 314 g/mol. The molecule has 0 saturated carbocycles. The van der Waals surface area contributed by atoms with Gasteiger partial charge in [-0.2, -0.15) is 5.10 Å². The van der Waals surface area contributed by atoms with Crippen molar-refractivity contribution in [1.29, 1.82) is 0 Å². The maximum atomic E-state index is 9.68. The van der Waals surface area contributed by atoms with Crippen LogP contribution in [0.5, 0.6) is 0 Å². The van der Waals surface area contributed by atoms with E-state index in [1.807, 2.05) is 29.6 Å². The van der Waals surface area contributed by atoms with E-state index in [9.17, 15) is 5.11 Å². The Morgan fingerprint density at radius 2 is 2.05 bits per heavy atom. The van der Waals surface area contributed by atoms with Gasteiger partial charge in [-0.05, 0) is 23.6 Å². The number of aliphatic hydroxyl groups is 1. The van der Waals surface area contributed by atoms with Crippen LogP contribution in [0.2, 0.25) is 0 Å². The molecule has 0 bridgehead atoms. The van der Waals surface area contributed by atoms with Gasteiger partial charge in [0.2, 0.25) is 4.96 Å². The lowest BCUT2D eigenvalue weighted by atomic mass is 10.3. The highest BCUT2D eigenvalue weighted by Crippen LogP contribution is 2.32. The van der Waals surface area contributed by atoms with Crippen LogP contribution in [0.25, 0.3) is 26.1 Å². The molecule has 4 aromatic rings. The van der Waals surface area contributed by atoms with Crippen LogP contribution in [0, 0.1) is 0 Å². The van der Waals surface area contributed by atoms with Gasteiger partial charge >= 0.3 is 0 Å². The quantitative estimate of drug-likeness (QED) is 0.631. The van der Waals surface area contributed by atoms with Crippen LogP contribution in [0.4, 0.5) is 0 Å².